The first-order valence-corrected chi connectivity index (χ1v) is 9.86. The third-order valence-corrected chi connectivity index (χ3v) is 5.09. The molecule has 2 aromatic carbocycles. The zero-order valence-electron chi connectivity index (χ0n) is 16.3. The molecule has 1 N–H and O–H groups in total. The van der Waals surface area contributed by atoms with E-state index in [2.05, 4.69) is 20.6 Å². The number of halogens is 2. The summed E-state index contributed by atoms with van der Waals surface area (Å²) in [5.74, 6) is 0.0297. The molecule has 0 fully saturated rings. The van der Waals surface area contributed by atoms with Crippen LogP contribution in [0.2, 0.25) is 5.02 Å². The maximum atomic E-state index is 13.1. The Morgan fingerprint density at radius 1 is 1.10 bits per heavy atom. The van der Waals surface area contributed by atoms with E-state index in [1.807, 2.05) is 43.3 Å². The molecule has 1 amide bonds. The minimum absolute atomic E-state index is 0.165. The molecule has 0 bridgehead atoms. The zero-order chi connectivity index (χ0) is 21.1. The Morgan fingerprint density at radius 2 is 1.90 bits per heavy atom. The first-order chi connectivity index (χ1) is 14.5. The van der Waals surface area contributed by atoms with Gasteiger partial charge in [0.2, 0.25) is 5.91 Å². The number of hydrogen-bond donors (Lipinski definition) is 1. The number of benzene rings is 2. The summed E-state index contributed by atoms with van der Waals surface area (Å²) in [5.41, 5.74) is 4.26. The molecule has 0 aliphatic heterocycles. The fraction of sp³-hybridized carbons (Fsp3) is 0.182. The van der Waals surface area contributed by atoms with Gasteiger partial charge in [-0.3, -0.25) is 4.79 Å². The third kappa shape index (κ3) is 4.46. The molecular weight excluding hydrogens is 405 g/mol. The molecule has 0 atom stereocenters. The highest BCUT2D eigenvalue weighted by molar-refractivity contribution is 6.31. The average molecular weight is 424 g/mol. The van der Waals surface area contributed by atoms with Crippen LogP contribution in [0.15, 0.2) is 54.6 Å². The predicted molar refractivity (Wildman–Crippen MR) is 113 cm³/mol. The molecule has 0 aliphatic carbocycles. The Hall–Kier alpha value is -3.32. The summed E-state index contributed by atoms with van der Waals surface area (Å²) >= 11 is 5.99. The molecule has 2 heterocycles. The van der Waals surface area contributed by atoms with Crippen LogP contribution in [0.1, 0.15) is 23.4 Å². The van der Waals surface area contributed by atoms with Gasteiger partial charge in [-0.05, 0) is 36.8 Å². The molecule has 8 heteroatoms. The van der Waals surface area contributed by atoms with E-state index in [0.717, 1.165) is 11.3 Å². The van der Waals surface area contributed by atoms with Crippen LogP contribution in [-0.4, -0.2) is 25.7 Å². The average Bonchev–Trinajstić information content (AvgIpc) is 3.14. The first kappa shape index (κ1) is 20.0. The van der Waals surface area contributed by atoms with Crippen molar-refractivity contribution < 1.29 is 9.18 Å². The summed E-state index contributed by atoms with van der Waals surface area (Å²) in [7, 11) is 0. The Bertz CT molecular complexity index is 1210. The van der Waals surface area contributed by atoms with Gasteiger partial charge in [-0.2, -0.15) is 9.61 Å². The standard InChI is InChI=1S/C22H19ClFN5O/c1-14-2-4-15(5-3-14)19-8-9-20-26-27-21(29(20)28-19)10-11-22(30)25-13-16-6-7-17(24)12-18(16)23/h2-9,12H,10-11,13H2,1H3,(H,25,30). The summed E-state index contributed by atoms with van der Waals surface area (Å²) in [6, 6.07) is 15.9. The molecule has 4 rings (SSSR count). The van der Waals surface area contributed by atoms with Gasteiger partial charge in [-0.25, -0.2) is 4.39 Å². The van der Waals surface area contributed by atoms with Crippen molar-refractivity contribution in [1.29, 1.82) is 0 Å². The molecule has 0 saturated heterocycles. The van der Waals surface area contributed by atoms with E-state index in [1.54, 1.807) is 10.6 Å². The maximum absolute atomic E-state index is 13.1. The minimum atomic E-state index is -0.411. The number of aryl methyl sites for hydroxylation is 2. The van der Waals surface area contributed by atoms with E-state index < -0.39 is 5.82 Å². The van der Waals surface area contributed by atoms with Gasteiger partial charge in [0.1, 0.15) is 5.82 Å². The van der Waals surface area contributed by atoms with Crippen LogP contribution >= 0.6 is 11.6 Å². The van der Waals surface area contributed by atoms with Gasteiger partial charge in [-0.1, -0.05) is 47.5 Å². The lowest BCUT2D eigenvalue weighted by Crippen LogP contribution is -2.23. The van der Waals surface area contributed by atoms with E-state index in [1.165, 1.54) is 17.7 Å². The number of rotatable bonds is 6. The van der Waals surface area contributed by atoms with Crippen LogP contribution in [0.25, 0.3) is 16.9 Å². The van der Waals surface area contributed by atoms with Crippen molar-refractivity contribution in [2.24, 2.45) is 0 Å². The van der Waals surface area contributed by atoms with Crippen LogP contribution in [0.5, 0.6) is 0 Å². The summed E-state index contributed by atoms with van der Waals surface area (Å²) in [6.07, 6.45) is 0.602. The van der Waals surface area contributed by atoms with E-state index in [9.17, 15) is 9.18 Å². The highest BCUT2D eigenvalue weighted by Crippen LogP contribution is 2.19. The number of carbonyl (C=O) groups excluding carboxylic acids is 1. The van der Waals surface area contributed by atoms with Crippen LogP contribution in [0, 0.1) is 12.7 Å². The van der Waals surface area contributed by atoms with Crippen molar-refractivity contribution in [3.8, 4) is 11.3 Å². The Labute approximate surface area is 177 Å². The smallest absolute Gasteiger partial charge is 0.220 e. The second-order valence-electron chi connectivity index (χ2n) is 6.98. The monoisotopic (exact) mass is 423 g/mol. The fourth-order valence-corrected chi connectivity index (χ4v) is 3.27. The Kier molecular flexibility index (Phi) is 5.72. The summed E-state index contributed by atoms with van der Waals surface area (Å²) in [5, 5.41) is 16.0. The molecule has 0 unspecified atom stereocenters. The number of hydrogen-bond acceptors (Lipinski definition) is 4. The maximum Gasteiger partial charge on any atom is 0.220 e. The summed E-state index contributed by atoms with van der Waals surface area (Å²) < 4.78 is 14.8. The molecule has 152 valence electrons. The fourth-order valence-electron chi connectivity index (χ4n) is 3.04. The molecular formula is C22H19ClFN5O. The number of nitrogens with one attached hydrogen (secondary N) is 1. The number of amides is 1. The van der Waals surface area contributed by atoms with Gasteiger partial charge in [0.15, 0.2) is 11.5 Å². The van der Waals surface area contributed by atoms with Crippen molar-refractivity contribution in [2.45, 2.75) is 26.3 Å². The molecule has 0 saturated carbocycles. The van der Waals surface area contributed by atoms with Crippen LogP contribution in [0.3, 0.4) is 0 Å². The Balaban J connectivity index is 1.42. The zero-order valence-corrected chi connectivity index (χ0v) is 17.0. The second-order valence-corrected chi connectivity index (χ2v) is 7.39. The largest absolute Gasteiger partial charge is 0.352 e. The van der Waals surface area contributed by atoms with Crippen molar-refractivity contribution >= 4 is 23.2 Å². The van der Waals surface area contributed by atoms with Gasteiger partial charge >= 0.3 is 0 Å². The van der Waals surface area contributed by atoms with Crippen molar-refractivity contribution in [1.82, 2.24) is 25.1 Å². The summed E-state index contributed by atoms with van der Waals surface area (Å²) in [4.78, 5) is 12.2. The lowest BCUT2D eigenvalue weighted by Gasteiger charge is -2.07. The van der Waals surface area contributed by atoms with Crippen LogP contribution < -0.4 is 5.32 Å². The van der Waals surface area contributed by atoms with Crippen molar-refractivity contribution in [3.05, 3.63) is 82.4 Å². The van der Waals surface area contributed by atoms with E-state index in [-0.39, 0.29) is 23.9 Å². The van der Waals surface area contributed by atoms with E-state index in [0.29, 0.717) is 23.5 Å². The van der Waals surface area contributed by atoms with Crippen LogP contribution in [0.4, 0.5) is 4.39 Å². The predicted octanol–water partition coefficient (Wildman–Crippen LogP) is 4.14. The highest BCUT2D eigenvalue weighted by atomic mass is 35.5. The number of carbonyl (C=O) groups is 1. The molecule has 0 spiro atoms. The lowest BCUT2D eigenvalue weighted by atomic mass is 10.1. The molecule has 0 radical (unpaired) electrons. The van der Waals surface area contributed by atoms with Gasteiger partial charge in [0.25, 0.3) is 0 Å². The number of fused-ring (bicyclic) bond motifs is 1. The van der Waals surface area contributed by atoms with Crippen molar-refractivity contribution in [3.63, 3.8) is 0 Å². The first-order valence-electron chi connectivity index (χ1n) is 9.48. The summed E-state index contributed by atoms with van der Waals surface area (Å²) in [6.45, 7) is 2.27. The van der Waals surface area contributed by atoms with Gasteiger partial charge in [-0.15, -0.1) is 10.2 Å². The lowest BCUT2D eigenvalue weighted by molar-refractivity contribution is -0.121. The van der Waals surface area contributed by atoms with Gasteiger partial charge in [0.05, 0.1) is 5.69 Å². The molecule has 0 aliphatic rings. The number of nitrogens with zero attached hydrogens (tertiary/aromatic N) is 4. The molecule has 4 aromatic rings. The SMILES string of the molecule is Cc1ccc(-c2ccc3nnc(CCC(=O)NCc4ccc(F)cc4Cl)n3n2)cc1. The normalized spacial score (nSPS) is 11.0. The van der Waals surface area contributed by atoms with Crippen molar-refractivity contribution in [2.75, 3.05) is 0 Å². The van der Waals surface area contributed by atoms with Gasteiger partial charge < -0.3 is 5.32 Å². The third-order valence-electron chi connectivity index (χ3n) is 4.74. The van der Waals surface area contributed by atoms with E-state index in [4.69, 9.17) is 11.6 Å². The topological polar surface area (TPSA) is 72.2 Å². The highest BCUT2D eigenvalue weighted by Gasteiger charge is 2.12. The molecule has 30 heavy (non-hydrogen) atoms. The Morgan fingerprint density at radius 3 is 2.67 bits per heavy atom. The quantitative estimate of drug-likeness (QED) is 0.506. The number of aromatic nitrogens is 4. The molecule has 2 aromatic heterocycles. The second kappa shape index (κ2) is 8.59. The molecule has 6 nitrogen and oxygen atoms in total. The van der Waals surface area contributed by atoms with Crippen LogP contribution in [-0.2, 0) is 17.8 Å². The minimum Gasteiger partial charge on any atom is -0.352 e. The van der Waals surface area contributed by atoms with E-state index >= 15 is 0 Å². The van der Waals surface area contributed by atoms with Gasteiger partial charge in [0, 0.05) is 30.0 Å².